The lowest BCUT2D eigenvalue weighted by atomic mass is 9.68. The largest absolute Gasteiger partial charge is 0.497 e. The summed E-state index contributed by atoms with van der Waals surface area (Å²) < 4.78 is 16.4. The van der Waals surface area contributed by atoms with Crippen LogP contribution < -0.4 is 30.2 Å². The zero-order valence-corrected chi connectivity index (χ0v) is 26.6. The third kappa shape index (κ3) is 6.09. The van der Waals surface area contributed by atoms with E-state index in [0.29, 0.717) is 56.5 Å². The number of aromatic nitrogens is 2. The second kappa shape index (κ2) is 12.6. The van der Waals surface area contributed by atoms with E-state index in [9.17, 15) is 14.9 Å². The van der Waals surface area contributed by atoms with E-state index in [4.69, 9.17) is 19.9 Å². The van der Waals surface area contributed by atoms with Crippen LogP contribution in [0.4, 0.5) is 10.8 Å². The summed E-state index contributed by atoms with van der Waals surface area (Å²) in [7, 11) is 4.65. The first-order chi connectivity index (χ1) is 21.1. The Labute approximate surface area is 263 Å². The second-order valence-electron chi connectivity index (χ2n) is 11.0. The van der Waals surface area contributed by atoms with Crippen molar-refractivity contribution in [2.24, 2.45) is 11.1 Å². The first kappa shape index (κ1) is 30.9. The van der Waals surface area contributed by atoms with Gasteiger partial charge in [-0.15, -0.1) is 10.2 Å². The molecule has 0 saturated heterocycles. The maximum atomic E-state index is 13.7. The van der Waals surface area contributed by atoms with Crippen LogP contribution in [0.3, 0.4) is 0 Å². The molecule has 0 saturated carbocycles. The minimum Gasteiger partial charge on any atom is -0.497 e. The van der Waals surface area contributed by atoms with Crippen LogP contribution in [0.1, 0.15) is 38.2 Å². The van der Waals surface area contributed by atoms with Crippen LogP contribution in [0.5, 0.6) is 17.2 Å². The van der Waals surface area contributed by atoms with Gasteiger partial charge < -0.3 is 25.3 Å². The molecule has 2 aliphatic rings. The molecular formula is C31H32N6O5S2. The van der Waals surface area contributed by atoms with Crippen molar-refractivity contribution in [1.82, 2.24) is 10.2 Å². The number of nitriles is 1. The second-order valence-corrected chi connectivity index (χ2v) is 13.2. The maximum absolute atomic E-state index is 13.7. The van der Waals surface area contributed by atoms with Gasteiger partial charge in [0.15, 0.2) is 10.1 Å². The maximum Gasteiger partial charge on any atom is 0.234 e. The third-order valence-electron chi connectivity index (χ3n) is 7.43. The highest BCUT2D eigenvalue weighted by molar-refractivity contribution is 8.01. The van der Waals surface area contributed by atoms with Gasteiger partial charge in [-0.2, -0.15) is 5.26 Å². The molecule has 5 rings (SSSR count). The Morgan fingerprint density at radius 1 is 1.11 bits per heavy atom. The highest BCUT2D eigenvalue weighted by atomic mass is 32.2. The molecule has 2 heterocycles. The zero-order chi connectivity index (χ0) is 31.6. The van der Waals surface area contributed by atoms with Crippen LogP contribution in [0.2, 0.25) is 0 Å². The zero-order valence-electron chi connectivity index (χ0n) is 25.0. The molecule has 2 aromatic carbocycles. The molecule has 1 unspecified atom stereocenters. The van der Waals surface area contributed by atoms with Gasteiger partial charge in [0, 0.05) is 23.8 Å². The van der Waals surface area contributed by atoms with Crippen molar-refractivity contribution in [3.63, 3.8) is 0 Å². The molecule has 0 bridgehead atoms. The Morgan fingerprint density at radius 2 is 1.82 bits per heavy atom. The fraction of sp³-hybridized carbons (Fsp3) is 0.323. The molecule has 1 aliphatic carbocycles. The number of ketones is 1. The summed E-state index contributed by atoms with van der Waals surface area (Å²) in [5.41, 5.74) is 9.19. The summed E-state index contributed by atoms with van der Waals surface area (Å²) in [6.07, 6.45) is 0.893. The van der Waals surface area contributed by atoms with E-state index in [1.165, 1.54) is 30.2 Å². The number of anilines is 2. The first-order valence-corrected chi connectivity index (χ1v) is 15.5. The van der Waals surface area contributed by atoms with Crippen LogP contribution in [-0.4, -0.2) is 49.0 Å². The van der Waals surface area contributed by atoms with Gasteiger partial charge in [-0.25, -0.2) is 0 Å². The number of thioether (sulfide) groups is 1. The molecule has 0 radical (unpaired) electrons. The lowest BCUT2D eigenvalue weighted by Crippen LogP contribution is -2.42. The molecule has 3 N–H and O–H groups in total. The number of carbonyl (C=O) groups is 2. The number of rotatable bonds is 9. The number of benzene rings is 2. The van der Waals surface area contributed by atoms with Gasteiger partial charge >= 0.3 is 0 Å². The van der Waals surface area contributed by atoms with Gasteiger partial charge in [0.25, 0.3) is 0 Å². The molecule has 44 heavy (non-hydrogen) atoms. The standard InChI is InChI=1S/C31H32N6O5S2/c1-31(2)13-22-27(23(38)14-31)26(17-6-8-18(40-3)9-7-17)20(15-32)28(33)37(22)29-35-36-30(44-29)43-16-25(39)34-21-11-10-19(41-4)12-24(21)42-5/h6-12,26H,13-14,16,33H2,1-5H3,(H,34,39). The van der Waals surface area contributed by atoms with Gasteiger partial charge in [-0.1, -0.05) is 49.1 Å². The number of carbonyl (C=O) groups excluding carboxylic acids is 2. The number of hydrogen-bond acceptors (Lipinski definition) is 12. The number of ether oxygens (including phenoxy) is 3. The average Bonchev–Trinajstić information content (AvgIpc) is 3.47. The highest BCUT2D eigenvalue weighted by Gasteiger charge is 2.45. The van der Waals surface area contributed by atoms with E-state index in [1.54, 1.807) is 49.5 Å². The Morgan fingerprint density at radius 3 is 2.48 bits per heavy atom. The quantitative estimate of drug-likeness (QED) is 0.298. The molecular weight excluding hydrogens is 601 g/mol. The molecule has 1 amide bonds. The molecule has 0 fully saturated rings. The van der Waals surface area contributed by atoms with Crippen molar-refractivity contribution >= 4 is 45.6 Å². The van der Waals surface area contributed by atoms with Crippen molar-refractivity contribution in [3.8, 4) is 23.3 Å². The lowest BCUT2D eigenvalue weighted by Gasteiger charge is -2.42. The summed E-state index contributed by atoms with van der Waals surface area (Å²) in [6.45, 7) is 4.07. The minimum atomic E-state index is -0.610. The molecule has 1 atom stereocenters. The minimum absolute atomic E-state index is 0.0351. The number of nitrogens with zero attached hydrogens (tertiary/aromatic N) is 4. The predicted octanol–water partition coefficient (Wildman–Crippen LogP) is 5.24. The number of amides is 1. The topological polar surface area (TPSA) is 153 Å². The number of Topliss-reactive ketones (excluding diaryl/α,β-unsaturated/α-hetero) is 1. The van der Waals surface area contributed by atoms with Crippen molar-refractivity contribution in [1.29, 1.82) is 5.26 Å². The smallest absolute Gasteiger partial charge is 0.234 e. The Balaban J connectivity index is 1.43. The van der Waals surface area contributed by atoms with Crippen LogP contribution in [0.25, 0.3) is 0 Å². The molecule has 11 nitrogen and oxygen atoms in total. The van der Waals surface area contributed by atoms with Crippen molar-refractivity contribution in [2.45, 2.75) is 36.9 Å². The van der Waals surface area contributed by atoms with Crippen LogP contribution in [0, 0.1) is 16.7 Å². The van der Waals surface area contributed by atoms with Crippen molar-refractivity contribution < 1.29 is 23.8 Å². The predicted molar refractivity (Wildman–Crippen MR) is 169 cm³/mol. The molecule has 0 spiro atoms. The lowest BCUT2D eigenvalue weighted by molar-refractivity contribution is -0.118. The van der Waals surface area contributed by atoms with Gasteiger partial charge in [0.05, 0.1) is 50.3 Å². The average molecular weight is 633 g/mol. The van der Waals surface area contributed by atoms with E-state index in [1.807, 2.05) is 26.0 Å². The Bertz CT molecular complexity index is 1710. The fourth-order valence-electron chi connectivity index (χ4n) is 5.42. The SMILES string of the molecule is COc1ccc(C2C(C#N)=C(N)N(c3nnc(SCC(=O)Nc4ccc(OC)cc4OC)s3)C3=C2C(=O)CC(C)(C)C3)cc1. The van der Waals surface area contributed by atoms with Crippen LogP contribution in [-0.2, 0) is 9.59 Å². The van der Waals surface area contributed by atoms with E-state index >= 15 is 0 Å². The molecule has 1 aromatic heterocycles. The van der Waals surface area contributed by atoms with Crippen LogP contribution >= 0.6 is 23.1 Å². The van der Waals surface area contributed by atoms with E-state index < -0.39 is 5.92 Å². The molecule has 3 aromatic rings. The fourth-order valence-corrected chi connectivity index (χ4v) is 7.10. The number of nitrogens with two attached hydrogens (primary N) is 1. The highest BCUT2D eigenvalue weighted by Crippen LogP contribution is 2.51. The van der Waals surface area contributed by atoms with E-state index in [-0.39, 0.29) is 34.3 Å². The summed E-state index contributed by atoms with van der Waals surface area (Å²) in [4.78, 5) is 28.2. The monoisotopic (exact) mass is 632 g/mol. The molecule has 228 valence electrons. The number of hydrogen-bond donors (Lipinski definition) is 2. The van der Waals surface area contributed by atoms with Crippen molar-refractivity contribution in [2.75, 3.05) is 37.3 Å². The summed E-state index contributed by atoms with van der Waals surface area (Å²) in [5.74, 6) is 1.12. The third-order valence-corrected chi connectivity index (χ3v) is 9.47. The van der Waals surface area contributed by atoms with Gasteiger partial charge in [0.1, 0.15) is 23.1 Å². The summed E-state index contributed by atoms with van der Waals surface area (Å²) in [6, 6.07) is 14.7. The van der Waals surface area contributed by atoms with Crippen LogP contribution in [0.15, 0.2) is 69.5 Å². The van der Waals surface area contributed by atoms with Gasteiger partial charge in [-0.3, -0.25) is 14.5 Å². The van der Waals surface area contributed by atoms with Crippen molar-refractivity contribution in [3.05, 3.63) is 70.7 Å². The normalized spacial score (nSPS) is 17.6. The Kier molecular flexibility index (Phi) is 8.85. The van der Waals surface area contributed by atoms with E-state index in [0.717, 1.165) is 5.56 Å². The van der Waals surface area contributed by atoms with Gasteiger partial charge in [-0.05, 0) is 41.7 Å². The molecule has 13 heteroatoms. The van der Waals surface area contributed by atoms with Gasteiger partial charge in [0.2, 0.25) is 11.0 Å². The van der Waals surface area contributed by atoms with E-state index in [2.05, 4.69) is 21.6 Å². The summed E-state index contributed by atoms with van der Waals surface area (Å²) >= 11 is 2.45. The first-order valence-electron chi connectivity index (χ1n) is 13.7. The number of allylic oxidation sites excluding steroid dienone is 3. The Hall–Kier alpha value is -4.54. The number of nitrogens with one attached hydrogen (secondary N) is 1. The summed E-state index contributed by atoms with van der Waals surface area (Å²) in [5, 5.41) is 22.2. The number of methoxy groups -OCH3 is 3. The molecule has 1 aliphatic heterocycles.